The second kappa shape index (κ2) is 10.6. The molecule has 0 saturated carbocycles. The highest BCUT2D eigenvalue weighted by Gasteiger charge is 2.21. The van der Waals surface area contributed by atoms with Crippen LogP contribution in [0.1, 0.15) is 0 Å². The summed E-state index contributed by atoms with van der Waals surface area (Å²) in [4.78, 5) is 2.43. The number of hydrogen-bond acceptors (Lipinski definition) is 3. The Kier molecular flexibility index (Phi) is 5.83. The van der Waals surface area contributed by atoms with Crippen molar-refractivity contribution in [2.24, 2.45) is 0 Å². The molecule has 0 spiro atoms. The lowest BCUT2D eigenvalue weighted by atomic mass is 10.0. The Morgan fingerprint density at radius 3 is 2.06 bits per heavy atom. The molecule has 3 nitrogen and oxygen atoms in total. The van der Waals surface area contributed by atoms with Crippen LogP contribution in [0.25, 0.3) is 80.4 Å². The van der Waals surface area contributed by atoms with Crippen molar-refractivity contribution >= 4 is 103 Å². The fourth-order valence-electron chi connectivity index (χ4n) is 7.91. The van der Waals surface area contributed by atoms with Gasteiger partial charge in [-0.3, -0.25) is 0 Å². The first-order valence-electron chi connectivity index (χ1n) is 16.9. The maximum Gasteiger partial charge on any atom is 0.136 e. The molecule has 11 rings (SSSR count). The molecule has 50 heavy (non-hydrogen) atoms. The highest BCUT2D eigenvalue weighted by atomic mass is 32.1. The Morgan fingerprint density at radius 1 is 0.420 bits per heavy atom. The van der Waals surface area contributed by atoms with Gasteiger partial charge in [0.2, 0.25) is 0 Å². The zero-order chi connectivity index (χ0) is 32.8. The van der Waals surface area contributed by atoms with Crippen LogP contribution in [-0.4, -0.2) is 4.57 Å². The van der Waals surface area contributed by atoms with Gasteiger partial charge in [-0.15, -0.1) is 11.3 Å². The lowest BCUT2D eigenvalue weighted by Crippen LogP contribution is -2.10. The minimum atomic E-state index is 0.896. The van der Waals surface area contributed by atoms with Crippen molar-refractivity contribution in [3.8, 4) is 5.69 Å². The number of anilines is 3. The van der Waals surface area contributed by atoms with Gasteiger partial charge in [-0.05, 0) is 84.2 Å². The van der Waals surface area contributed by atoms with Crippen molar-refractivity contribution in [2.45, 2.75) is 0 Å². The molecule has 0 unspecified atom stereocenters. The van der Waals surface area contributed by atoms with E-state index < -0.39 is 0 Å². The molecule has 0 radical (unpaired) electrons. The van der Waals surface area contributed by atoms with Gasteiger partial charge in [-0.2, -0.15) is 0 Å². The number of para-hydroxylation sites is 3. The highest BCUT2D eigenvalue weighted by Crippen LogP contribution is 2.45. The molecule has 0 saturated heterocycles. The average Bonchev–Trinajstić information content (AvgIpc) is 3.83. The van der Waals surface area contributed by atoms with Gasteiger partial charge >= 0.3 is 0 Å². The molecule has 8 aromatic carbocycles. The minimum absolute atomic E-state index is 0.896. The van der Waals surface area contributed by atoms with Crippen LogP contribution in [0.3, 0.4) is 0 Å². The van der Waals surface area contributed by atoms with Gasteiger partial charge in [0.25, 0.3) is 0 Å². The van der Waals surface area contributed by atoms with Crippen molar-refractivity contribution in [1.82, 2.24) is 4.57 Å². The van der Waals surface area contributed by atoms with E-state index in [1.54, 1.807) is 0 Å². The zero-order valence-corrected chi connectivity index (χ0v) is 27.7. The van der Waals surface area contributed by atoms with Crippen LogP contribution in [0.2, 0.25) is 0 Å². The molecule has 11 aromatic rings. The number of furan rings is 1. The average molecular weight is 657 g/mol. The molecule has 0 aliphatic carbocycles. The topological polar surface area (TPSA) is 21.3 Å². The first-order valence-corrected chi connectivity index (χ1v) is 17.7. The smallest absolute Gasteiger partial charge is 0.136 e. The summed E-state index contributed by atoms with van der Waals surface area (Å²) in [6.45, 7) is 0. The van der Waals surface area contributed by atoms with E-state index >= 15 is 0 Å². The molecule has 0 N–H and O–H groups in total. The van der Waals surface area contributed by atoms with Crippen molar-refractivity contribution in [3.63, 3.8) is 0 Å². The van der Waals surface area contributed by atoms with Gasteiger partial charge in [-0.1, -0.05) is 91.0 Å². The molecule has 0 bridgehead atoms. The van der Waals surface area contributed by atoms with Gasteiger partial charge < -0.3 is 13.9 Å². The van der Waals surface area contributed by atoms with Crippen molar-refractivity contribution in [2.75, 3.05) is 4.90 Å². The monoisotopic (exact) mass is 656 g/mol. The van der Waals surface area contributed by atoms with Crippen LogP contribution < -0.4 is 4.90 Å². The fourth-order valence-corrected chi connectivity index (χ4v) is 9.05. The van der Waals surface area contributed by atoms with Crippen LogP contribution >= 0.6 is 11.3 Å². The Labute approximate surface area is 291 Å². The van der Waals surface area contributed by atoms with Crippen LogP contribution in [-0.2, 0) is 0 Å². The third kappa shape index (κ3) is 4.03. The minimum Gasteiger partial charge on any atom is -0.456 e. The number of benzene rings is 8. The van der Waals surface area contributed by atoms with Crippen LogP contribution in [0, 0.1) is 0 Å². The SMILES string of the molecule is c1ccc(-n2c3ccccc3c3cc(N(c4ccc5c(c4)sc4ccccc45)c4cccc5cc6c(cc45)oc4ccccc46)ccc32)cc1. The molecular weight excluding hydrogens is 629 g/mol. The van der Waals surface area contributed by atoms with Gasteiger partial charge in [0.05, 0.1) is 16.7 Å². The van der Waals surface area contributed by atoms with Crippen molar-refractivity contribution in [1.29, 1.82) is 0 Å². The number of fused-ring (bicyclic) bond motifs is 10. The van der Waals surface area contributed by atoms with Crippen LogP contribution in [0.5, 0.6) is 0 Å². The van der Waals surface area contributed by atoms with E-state index in [4.69, 9.17) is 4.42 Å². The third-order valence-corrected chi connectivity index (χ3v) is 11.3. The van der Waals surface area contributed by atoms with E-state index in [9.17, 15) is 0 Å². The van der Waals surface area contributed by atoms with E-state index in [0.29, 0.717) is 0 Å². The van der Waals surface area contributed by atoms with E-state index in [2.05, 4.69) is 173 Å². The fraction of sp³-hybridized carbons (Fsp3) is 0. The van der Waals surface area contributed by atoms with Crippen LogP contribution in [0.4, 0.5) is 17.1 Å². The lowest BCUT2D eigenvalue weighted by Gasteiger charge is -2.27. The summed E-state index contributed by atoms with van der Waals surface area (Å²) in [5.41, 5.74) is 8.67. The molecular formula is C46H28N2OS. The first kappa shape index (κ1) is 27.6. The molecule has 0 amide bonds. The molecule has 0 atom stereocenters. The number of thiophene rings is 1. The molecule has 234 valence electrons. The normalized spacial score (nSPS) is 12.0. The van der Waals surface area contributed by atoms with E-state index in [1.807, 2.05) is 17.4 Å². The summed E-state index contributed by atoms with van der Waals surface area (Å²) >= 11 is 1.85. The van der Waals surface area contributed by atoms with E-state index in [1.165, 1.54) is 47.4 Å². The highest BCUT2D eigenvalue weighted by molar-refractivity contribution is 7.25. The number of hydrogen-bond donors (Lipinski definition) is 0. The van der Waals surface area contributed by atoms with Gasteiger partial charge in [0.15, 0.2) is 0 Å². The lowest BCUT2D eigenvalue weighted by molar-refractivity contribution is 0.669. The zero-order valence-electron chi connectivity index (χ0n) is 26.9. The molecule has 0 aliphatic heterocycles. The van der Waals surface area contributed by atoms with E-state index in [-0.39, 0.29) is 0 Å². The molecule has 3 aromatic heterocycles. The molecule has 4 heteroatoms. The summed E-state index contributed by atoms with van der Waals surface area (Å²) in [6.07, 6.45) is 0. The summed E-state index contributed by atoms with van der Waals surface area (Å²) in [7, 11) is 0. The second-order valence-electron chi connectivity index (χ2n) is 12.9. The maximum absolute atomic E-state index is 6.43. The third-order valence-electron chi connectivity index (χ3n) is 10.1. The van der Waals surface area contributed by atoms with E-state index in [0.717, 1.165) is 50.1 Å². The van der Waals surface area contributed by atoms with Gasteiger partial charge in [-0.25, -0.2) is 0 Å². The maximum atomic E-state index is 6.43. The molecule has 3 heterocycles. The number of nitrogens with zero attached hydrogens (tertiary/aromatic N) is 2. The summed E-state index contributed by atoms with van der Waals surface area (Å²) < 4.78 is 11.4. The van der Waals surface area contributed by atoms with Crippen molar-refractivity contribution < 1.29 is 4.42 Å². The predicted molar refractivity (Wildman–Crippen MR) is 213 cm³/mol. The molecule has 0 fully saturated rings. The number of rotatable bonds is 4. The Balaban J connectivity index is 1.20. The number of aromatic nitrogens is 1. The largest absolute Gasteiger partial charge is 0.456 e. The molecule has 0 aliphatic rings. The Bertz CT molecular complexity index is 3110. The van der Waals surface area contributed by atoms with Crippen molar-refractivity contribution in [3.05, 3.63) is 170 Å². The summed E-state index contributed by atoms with van der Waals surface area (Å²) in [5.74, 6) is 0. The standard InChI is InChI=1S/C46H28N2OS/c1-2-12-30(13-3-1)48-40-17-7-4-14-33(40)38-26-31(22-24-42(38)48)47(32-21-23-36-35-16-6-9-20-45(35)50-46(36)27-32)41-18-10-11-29-25-39-34-15-5-8-19-43(34)49-44(39)28-37(29)41/h1-28H. The Hall–Kier alpha value is -6.36. The van der Waals surface area contributed by atoms with Gasteiger partial charge in [0.1, 0.15) is 11.2 Å². The predicted octanol–water partition coefficient (Wildman–Crippen LogP) is 13.7. The summed E-state index contributed by atoms with van der Waals surface area (Å²) in [5, 5.41) is 9.64. The van der Waals surface area contributed by atoms with Crippen LogP contribution in [0.15, 0.2) is 174 Å². The quantitative estimate of drug-likeness (QED) is 0.188. The second-order valence-corrected chi connectivity index (χ2v) is 14.0. The summed E-state index contributed by atoms with van der Waals surface area (Å²) in [6, 6.07) is 61.4. The van der Waals surface area contributed by atoms with Gasteiger partial charge in [0, 0.05) is 64.2 Å². The Morgan fingerprint density at radius 2 is 1.14 bits per heavy atom. The first-order chi connectivity index (χ1) is 24.8.